The summed E-state index contributed by atoms with van der Waals surface area (Å²) in [5, 5.41) is 11.9. The topological polar surface area (TPSA) is 52.4 Å². The van der Waals surface area contributed by atoms with E-state index in [0.29, 0.717) is 16.8 Å². The minimum absolute atomic E-state index is 0.00560. The van der Waals surface area contributed by atoms with E-state index < -0.39 is 25.7 Å². The summed E-state index contributed by atoms with van der Waals surface area (Å²) in [6, 6.07) is 21.3. The lowest BCUT2D eigenvalue weighted by atomic mass is 10.2. The van der Waals surface area contributed by atoms with Crippen LogP contribution in [-0.4, -0.2) is 14.0 Å². The number of nitro groups is 1. The third kappa shape index (κ3) is 6.37. The van der Waals surface area contributed by atoms with Crippen LogP contribution in [0.1, 0.15) is 16.7 Å². The molecule has 0 amide bonds. The lowest BCUT2D eigenvalue weighted by Crippen LogP contribution is -2.33. The number of alkyl halides is 3. The van der Waals surface area contributed by atoms with Crippen LogP contribution in [-0.2, 0) is 17.2 Å². The molecule has 0 aliphatic carbocycles. The molecule has 4 nitrogen and oxygen atoms in total. The second-order valence-corrected chi connectivity index (χ2v) is 8.81. The van der Waals surface area contributed by atoms with Crippen LogP contribution in [0.2, 0.25) is 6.04 Å². The Morgan fingerprint density at radius 1 is 0.935 bits per heavy atom. The van der Waals surface area contributed by atoms with Gasteiger partial charge < -0.3 is 4.43 Å². The second-order valence-electron chi connectivity index (χ2n) is 6.69. The predicted molar refractivity (Wildman–Crippen MR) is 115 cm³/mol. The van der Waals surface area contributed by atoms with E-state index in [1.807, 2.05) is 42.5 Å². The van der Waals surface area contributed by atoms with E-state index in [4.69, 9.17) is 4.43 Å². The van der Waals surface area contributed by atoms with Crippen LogP contribution < -0.4 is 5.19 Å². The smallest absolute Gasteiger partial charge is 0.407 e. The number of nitro benzene ring substituents is 1. The minimum Gasteiger partial charge on any atom is -0.407 e. The Morgan fingerprint density at radius 3 is 2.23 bits per heavy atom. The predicted octanol–water partition coefficient (Wildman–Crippen LogP) is 5.74. The highest BCUT2D eigenvalue weighted by molar-refractivity contribution is 6.67. The Hall–Kier alpha value is -3.23. The highest BCUT2D eigenvalue weighted by Gasteiger charge is 2.30. The first-order valence-corrected chi connectivity index (χ1v) is 11.1. The number of hydrogen-bond acceptors (Lipinski definition) is 3. The Kier molecular flexibility index (Phi) is 7.38. The normalized spacial score (nSPS) is 11.9. The standard InChI is InChI=1S/C23H19F3NO3Si/c24-23(25,26)20-12-14-21(15-13-20)31(16-6-9-18-7-2-1-3-8-18)30-17-19-10-4-5-11-22(19)27(28)29/h1-15H,16-17H2. The summed E-state index contributed by atoms with van der Waals surface area (Å²) in [6.07, 6.45) is -0.575. The first-order chi connectivity index (χ1) is 14.8. The third-order valence-electron chi connectivity index (χ3n) is 4.54. The van der Waals surface area contributed by atoms with E-state index in [1.165, 1.54) is 18.2 Å². The maximum absolute atomic E-state index is 12.9. The van der Waals surface area contributed by atoms with Crippen molar-refractivity contribution < 1.29 is 22.5 Å². The van der Waals surface area contributed by atoms with E-state index in [1.54, 1.807) is 18.2 Å². The van der Waals surface area contributed by atoms with Gasteiger partial charge in [-0.05, 0) is 22.9 Å². The average Bonchev–Trinajstić information content (AvgIpc) is 2.76. The molecule has 0 saturated carbocycles. The first-order valence-electron chi connectivity index (χ1n) is 9.45. The molecule has 0 atom stereocenters. The molecule has 0 saturated heterocycles. The number of halogens is 3. The minimum atomic E-state index is -4.41. The maximum atomic E-state index is 12.9. The van der Waals surface area contributed by atoms with Crippen LogP contribution in [0.25, 0.3) is 6.08 Å². The number of nitrogens with zero attached hydrogens (tertiary/aromatic N) is 1. The highest BCUT2D eigenvalue weighted by Crippen LogP contribution is 2.28. The molecule has 0 fully saturated rings. The third-order valence-corrected chi connectivity index (χ3v) is 6.61. The lowest BCUT2D eigenvalue weighted by Gasteiger charge is -2.16. The molecule has 31 heavy (non-hydrogen) atoms. The number of rotatable bonds is 8. The van der Waals surface area contributed by atoms with Crippen molar-refractivity contribution in [2.24, 2.45) is 0 Å². The van der Waals surface area contributed by atoms with Crippen molar-refractivity contribution in [3.8, 4) is 0 Å². The van der Waals surface area contributed by atoms with Crippen LogP contribution in [0.15, 0.2) is 84.9 Å². The summed E-state index contributed by atoms with van der Waals surface area (Å²) in [7, 11) is -1.77. The molecule has 0 aliphatic heterocycles. The fourth-order valence-corrected chi connectivity index (χ4v) is 4.67. The van der Waals surface area contributed by atoms with Crippen LogP contribution in [0.5, 0.6) is 0 Å². The van der Waals surface area contributed by atoms with Gasteiger partial charge >= 0.3 is 6.18 Å². The van der Waals surface area contributed by atoms with Crippen molar-refractivity contribution in [1.29, 1.82) is 0 Å². The molecular weight excluding hydrogens is 423 g/mol. The van der Waals surface area contributed by atoms with E-state index in [0.717, 1.165) is 17.7 Å². The van der Waals surface area contributed by atoms with Gasteiger partial charge in [0, 0.05) is 6.07 Å². The van der Waals surface area contributed by atoms with Crippen molar-refractivity contribution in [2.75, 3.05) is 0 Å². The lowest BCUT2D eigenvalue weighted by molar-refractivity contribution is -0.385. The van der Waals surface area contributed by atoms with Gasteiger partial charge in [0.25, 0.3) is 14.7 Å². The molecule has 0 N–H and O–H groups in total. The number of hydrogen-bond donors (Lipinski definition) is 0. The molecule has 0 heterocycles. The molecule has 1 radical (unpaired) electrons. The van der Waals surface area contributed by atoms with Gasteiger partial charge in [0.1, 0.15) is 0 Å². The summed E-state index contributed by atoms with van der Waals surface area (Å²) in [5.41, 5.74) is 0.649. The fourth-order valence-electron chi connectivity index (χ4n) is 2.95. The largest absolute Gasteiger partial charge is 0.416 e. The summed E-state index contributed by atoms with van der Waals surface area (Å²) in [6.45, 7) is 0.00560. The van der Waals surface area contributed by atoms with Crippen LogP contribution >= 0.6 is 0 Å². The molecule has 0 spiro atoms. The van der Waals surface area contributed by atoms with Crippen molar-refractivity contribution in [3.63, 3.8) is 0 Å². The van der Waals surface area contributed by atoms with E-state index in [2.05, 4.69) is 0 Å². The summed E-state index contributed by atoms with van der Waals surface area (Å²) in [5.74, 6) is 0. The molecule has 0 bridgehead atoms. The maximum Gasteiger partial charge on any atom is 0.416 e. The molecular formula is C23H19F3NO3Si. The van der Waals surface area contributed by atoms with Crippen molar-refractivity contribution >= 4 is 26.0 Å². The zero-order valence-electron chi connectivity index (χ0n) is 16.4. The van der Waals surface area contributed by atoms with Gasteiger partial charge in [0.05, 0.1) is 22.7 Å². The molecule has 3 rings (SSSR count). The van der Waals surface area contributed by atoms with Gasteiger partial charge in [-0.25, -0.2) is 0 Å². The average molecular weight is 442 g/mol. The Balaban J connectivity index is 1.80. The fraction of sp³-hybridized carbons (Fsp3) is 0.130. The summed E-state index contributed by atoms with van der Waals surface area (Å²) < 4.78 is 44.7. The molecule has 0 aliphatic rings. The zero-order chi connectivity index (χ0) is 22.3. The Bertz CT molecular complexity index is 1040. The van der Waals surface area contributed by atoms with Gasteiger partial charge in [0.2, 0.25) is 0 Å². The van der Waals surface area contributed by atoms with Crippen molar-refractivity contribution in [2.45, 2.75) is 18.8 Å². The molecule has 0 unspecified atom stereocenters. The highest BCUT2D eigenvalue weighted by atomic mass is 28.3. The number of para-hydroxylation sites is 1. The van der Waals surface area contributed by atoms with Crippen molar-refractivity contribution in [1.82, 2.24) is 0 Å². The van der Waals surface area contributed by atoms with Gasteiger partial charge in [0.15, 0.2) is 0 Å². The molecule has 8 heteroatoms. The second kappa shape index (κ2) is 10.2. The Morgan fingerprint density at radius 2 is 1.58 bits per heavy atom. The Labute approximate surface area is 179 Å². The van der Waals surface area contributed by atoms with Gasteiger partial charge in [-0.2, -0.15) is 13.2 Å². The van der Waals surface area contributed by atoms with E-state index >= 15 is 0 Å². The van der Waals surface area contributed by atoms with Crippen LogP contribution in [0.3, 0.4) is 0 Å². The quantitative estimate of drug-likeness (QED) is 0.254. The number of benzene rings is 3. The molecule has 3 aromatic rings. The number of allylic oxidation sites excluding steroid dienone is 1. The van der Waals surface area contributed by atoms with Crippen molar-refractivity contribution in [3.05, 3.63) is 112 Å². The van der Waals surface area contributed by atoms with Crippen LogP contribution in [0, 0.1) is 10.1 Å². The first kappa shape index (κ1) is 22.5. The van der Waals surface area contributed by atoms with E-state index in [-0.39, 0.29) is 12.3 Å². The van der Waals surface area contributed by atoms with E-state index in [9.17, 15) is 23.3 Å². The van der Waals surface area contributed by atoms with Crippen LogP contribution in [0.4, 0.5) is 18.9 Å². The zero-order valence-corrected chi connectivity index (χ0v) is 17.4. The molecule has 0 aromatic heterocycles. The molecule has 159 valence electrons. The SMILES string of the molecule is O=[N+]([O-])c1ccccc1CO[Si](CC=Cc1ccccc1)c1ccc(C(F)(F)F)cc1. The monoisotopic (exact) mass is 442 g/mol. The van der Waals surface area contributed by atoms with Gasteiger partial charge in [-0.3, -0.25) is 10.1 Å². The van der Waals surface area contributed by atoms with Gasteiger partial charge in [-0.15, -0.1) is 0 Å². The summed E-state index contributed by atoms with van der Waals surface area (Å²) >= 11 is 0. The summed E-state index contributed by atoms with van der Waals surface area (Å²) in [4.78, 5) is 10.8. The van der Waals surface area contributed by atoms with Gasteiger partial charge in [-0.1, -0.05) is 78.9 Å². The molecule has 3 aromatic carbocycles.